The topological polar surface area (TPSA) is 80.4 Å². The van der Waals surface area contributed by atoms with E-state index in [0.717, 1.165) is 16.8 Å². The van der Waals surface area contributed by atoms with Gasteiger partial charge in [-0.3, -0.25) is 9.59 Å². The van der Waals surface area contributed by atoms with E-state index in [-0.39, 0.29) is 30.8 Å². The lowest BCUT2D eigenvalue weighted by molar-refractivity contribution is -0.129. The molecular weight excluding hydrogens is 344 g/mol. The van der Waals surface area contributed by atoms with Crippen LogP contribution in [-0.4, -0.2) is 32.8 Å². The van der Waals surface area contributed by atoms with Crippen molar-refractivity contribution in [3.05, 3.63) is 54.3 Å². The Balaban J connectivity index is 1.52. The standard InChI is InChI=1S/C20H22N4O3/c1-3-24-17(25)11-15(18(24)19-21-8-9-23(19)2)20(26)22-12-14-10-13-6-4-5-7-16(13)27-14/h4-10,15,18H,3,11-12H2,1-2H3,(H,22,26)/t15-,18-/m0/s1. The lowest BCUT2D eigenvalue weighted by atomic mass is 9.98. The van der Waals surface area contributed by atoms with Crippen LogP contribution in [0.1, 0.15) is 31.0 Å². The molecule has 2 atom stereocenters. The number of carbonyl (C=O) groups excluding carboxylic acids is 2. The molecule has 0 saturated carbocycles. The molecule has 140 valence electrons. The highest BCUT2D eigenvalue weighted by molar-refractivity contribution is 5.90. The van der Waals surface area contributed by atoms with E-state index in [1.54, 1.807) is 11.1 Å². The summed E-state index contributed by atoms with van der Waals surface area (Å²) in [5.74, 6) is 0.770. The highest BCUT2D eigenvalue weighted by Crippen LogP contribution is 2.37. The van der Waals surface area contributed by atoms with E-state index in [2.05, 4.69) is 10.3 Å². The maximum absolute atomic E-state index is 12.9. The van der Waals surface area contributed by atoms with Gasteiger partial charge in [0.05, 0.1) is 12.5 Å². The Morgan fingerprint density at radius 3 is 2.89 bits per heavy atom. The van der Waals surface area contributed by atoms with Crippen molar-refractivity contribution in [3.63, 3.8) is 0 Å². The molecule has 0 unspecified atom stereocenters. The Hall–Kier alpha value is -3.09. The molecule has 1 N–H and O–H groups in total. The number of aryl methyl sites for hydroxylation is 1. The second-order valence-corrected chi connectivity index (χ2v) is 6.80. The van der Waals surface area contributed by atoms with E-state index < -0.39 is 5.92 Å². The van der Waals surface area contributed by atoms with Gasteiger partial charge in [0.15, 0.2) is 0 Å². The van der Waals surface area contributed by atoms with E-state index in [4.69, 9.17) is 4.42 Å². The molecule has 7 heteroatoms. The predicted octanol–water partition coefficient (Wildman–Crippen LogP) is 2.39. The zero-order chi connectivity index (χ0) is 19.0. The van der Waals surface area contributed by atoms with Crippen molar-refractivity contribution in [2.75, 3.05) is 6.54 Å². The SMILES string of the molecule is CCN1C(=O)C[C@H](C(=O)NCc2cc3ccccc3o2)[C@H]1c1nccn1C. The lowest BCUT2D eigenvalue weighted by Crippen LogP contribution is -2.36. The first-order chi connectivity index (χ1) is 13.1. The fourth-order valence-electron chi connectivity index (χ4n) is 3.81. The molecule has 27 heavy (non-hydrogen) atoms. The predicted molar refractivity (Wildman–Crippen MR) is 99.5 cm³/mol. The summed E-state index contributed by atoms with van der Waals surface area (Å²) in [6.07, 6.45) is 3.71. The van der Waals surface area contributed by atoms with Crippen LogP contribution in [-0.2, 0) is 23.2 Å². The Kier molecular flexibility index (Phi) is 4.43. The van der Waals surface area contributed by atoms with Crippen LogP contribution in [0.3, 0.4) is 0 Å². The van der Waals surface area contributed by atoms with E-state index in [1.165, 1.54) is 0 Å². The van der Waals surface area contributed by atoms with Gasteiger partial charge in [-0.2, -0.15) is 0 Å². The molecule has 4 rings (SSSR count). The van der Waals surface area contributed by atoms with Crippen LogP contribution in [0.5, 0.6) is 0 Å². The van der Waals surface area contributed by atoms with Crippen LogP contribution in [0, 0.1) is 5.92 Å². The van der Waals surface area contributed by atoms with Gasteiger partial charge in [-0.05, 0) is 19.1 Å². The molecule has 0 spiro atoms. The fraction of sp³-hybridized carbons (Fsp3) is 0.350. The number of likely N-dealkylation sites (tertiary alicyclic amines) is 1. The molecule has 1 saturated heterocycles. The summed E-state index contributed by atoms with van der Waals surface area (Å²) >= 11 is 0. The largest absolute Gasteiger partial charge is 0.459 e. The molecule has 7 nitrogen and oxygen atoms in total. The number of para-hydroxylation sites is 1. The first-order valence-electron chi connectivity index (χ1n) is 9.10. The van der Waals surface area contributed by atoms with E-state index in [0.29, 0.717) is 12.3 Å². The maximum atomic E-state index is 12.9. The van der Waals surface area contributed by atoms with Crippen molar-refractivity contribution in [1.82, 2.24) is 19.8 Å². The van der Waals surface area contributed by atoms with Gasteiger partial charge >= 0.3 is 0 Å². The molecule has 1 fully saturated rings. The summed E-state index contributed by atoms with van der Waals surface area (Å²) < 4.78 is 7.62. The summed E-state index contributed by atoms with van der Waals surface area (Å²) in [6.45, 7) is 2.75. The summed E-state index contributed by atoms with van der Waals surface area (Å²) in [5.41, 5.74) is 0.792. The fourth-order valence-corrected chi connectivity index (χ4v) is 3.81. The number of imidazole rings is 1. The van der Waals surface area contributed by atoms with Crippen molar-refractivity contribution in [1.29, 1.82) is 0 Å². The Labute approximate surface area is 157 Å². The van der Waals surface area contributed by atoms with Gasteiger partial charge in [0.1, 0.15) is 23.2 Å². The van der Waals surface area contributed by atoms with Crippen molar-refractivity contribution < 1.29 is 14.0 Å². The normalized spacial score (nSPS) is 19.8. The quantitative estimate of drug-likeness (QED) is 0.752. The van der Waals surface area contributed by atoms with Crippen LogP contribution in [0.15, 0.2) is 47.1 Å². The average Bonchev–Trinajstić information content (AvgIpc) is 3.35. The smallest absolute Gasteiger partial charge is 0.226 e. The Morgan fingerprint density at radius 1 is 1.37 bits per heavy atom. The number of aromatic nitrogens is 2. The maximum Gasteiger partial charge on any atom is 0.226 e. The third-order valence-corrected chi connectivity index (χ3v) is 5.15. The number of furan rings is 1. The molecular formula is C20H22N4O3. The molecule has 0 radical (unpaired) electrons. The lowest BCUT2D eigenvalue weighted by Gasteiger charge is -2.26. The first kappa shape index (κ1) is 17.3. The van der Waals surface area contributed by atoms with Crippen LogP contribution >= 0.6 is 0 Å². The number of amides is 2. The minimum Gasteiger partial charge on any atom is -0.459 e. The number of carbonyl (C=O) groups is 2. The van der Waals surface area contributed by atoms with Crippen molar-refractivity contribution in [3.8, 4) is 0 Å². The second-order valence-electron chi connectivity index (χ2n) is 6.80. The van der Waals surface area contributed by atoms with Crippen LogP contribution in [0.2, 0.25) is 0 Å². The van der Waals surface area contributed by atoms with E-state index in [1.807, 2.05) is 55.1 Å². The zero-order valence-electron chi connectivity index (χ0n) is 15.4. The average molecular weight is 366 g/mol. The van der Waals surface area contributed by atoms with Gasteiger partial charge in [0, 0.05) is 37.8 Å². The van der Waals surface area contributed by atoms with Gasteiger partial charge < -0.3 is 19.2 Å². The Bertz CT molecular complexity index is 957. The zero-order valence-corrected chi connectivity index (χ0v) is 15.4. The number of nitrogens with one attached hydrogen (secondary N) is 1. The van der Waals surface area contributed by atoms with Crippen molar-refractivity contribution >= 4 is 22.8 Å². The van der Waals surface area contributed by atoms with Gasteiger partial charge in [-0.15, -0.1) is 0 Å². The number of hydrogen-bond donors (Lipinski definition) is 1. The number of rotatable bonds is 5. The number of nitrogens with zero attached hydrogens (tertiary/aromatic N) is 3. The molecule has 3 heterocycles. The van der Waals surface area contributed by atoms with Crippen LogP contribution in [0.25, 0.3) is 11.0 Å². The molecule has 2 aromatic heterocycles. The summed E-state index contributed by atoms with van der Waals surface area (Å²) in [6, 6.07) is 9.29. The molecule has 3 aromatic rings. The number of hydrogen-bond acceptors (Lipinski definition) is 4. The third kappa shape index (κ3) is 3.09. The van der Waals surface area contributed by atoms with Gasteiger partial charge in [-0.25, -0.2) is 4.98 Å². The van der Waals surface area contributed by atoms with Gasteiger partial charge in [0.2, 0.25) is 11.8 Å². The monoisotopic (exact) mass is 366 g/mol. The van der Waals surface area contributed by atoms with Crippen molar-refractivity contribution in [2.45, 2.75) is 25.9 Å². The molecule has 0 bridgehead atoms. The summed E-state index contributed by atoms with van der Waals surface area (Å²) in [4.78, 5) is 31.4. The minimum atomic E-state index is -0.470. The van der Waals surface area contributed by atoms with Crippen LogP contribution < -0.4 is 5.32 Å². The Morgan fingerprint density at radius 2 is 2.19 bits per heavy atom. The van der Waals surface area contributed by atoms with Gasteiger partial charge in [-0.1, -0.05) is 18.2 Å². The second kappa shape index (κ2) is 6.90. The summed E-state index contributed by atoms with van der Waals surface area (Å²) in [7, 11) is 1.88. The number of fused-ring (bicyclic) bond motifs is 1. The molecule has 0 aliphatic carbocycles. The highest BCUT2D eigenvalue weighted by atomic mass is 16.3. The molecule has 1 aromatic carbocycles. The molecule has 1 aliphatic rings. The third-order valence-electron chi connectivity index (χ3n) is 5.15. The highest BCUT2D eigenvalue weighted by Gasteiger charge is 2.45. The van der Waals surface area contributed by atoms with E-state index in [9.17, 15) is 9.59 Å². The minimum absolute atomic E-state index is 0.0191. The molecule has 1 aliphatic heterocycles. The van der Waals surface area contributed by atoms with Crippen LogP contribution in [0.4, 0.5) is 0 Å². The first-order valence-corrected chi connectivity index (χ1v) is 9.10. The van der Waals surface area contributed by atoms with E-state index >= 15 is 0 Å². The summed E-state index contributed by atoms with van der Waals surface area (Å²) in [5, 5.41) is 3.93. The van der Waals surface area contributed by atoms with Crippen molar-refractivity contribution in [2.24, 2.45) is 13.0 Å². The number of benzene rings is 1. The van der Waals surface area contributed by atoms with Gasteiger partial charge in [0.25, 0.3) is 0 Å². The molecule has 2 amide bonds.